The van der Waals surface area contributed by atoms with E-state index in [1.165, 1.54) is 23.9 Å². The van der Waals surface area contributed by atoms with Crippen LogP contribution in [-0.2, 0) is 29.9 Å². The SMILES string of the molecule is Cc1cc(C(=O)CSc2nnc(CC3CCS(=O)(=O)C3)n2C)c(C)n1Cc1ccc(F)cc1. The van der Waals surface area contributed by atoms with Crippen LogP contribution in [0.3, 0.4) is 0 Å². The lowest BCUT2D eigenvalue weighted by Gasteiger charge is -2.10. The number of carbonyl (C=O) groups is 1. The summed E-state index contributed by atoms with van der Waals surface area (Å²) < 4.78 is 40.5. The average Bonchev–Trinajstić information content (AvgIpc) is 3.39. The van der Waals surface area contributed by atoms with Crippen LogP contribution in [0.1, 0.15) is 39.6 Å². The Bertz CT molecular complexity index is 1280. The van der Waals surface area contributed by atoms with E-state index in [2.05, 4.69) is 14.8 Å². The van der Waals surface area contributed by atoms with E-state index in [0.29, 0.717) is 30.1 Å². The van der Waals surface area contributed by atoms with Crippen LogP contribution in [0, 0.1) is 25.6 Å². The van der Waals surface area contributed by atoms with Gasteiger partial charge in [-0.2, -0.15) is 0 Å². The highest BCUT2D eigenvalue weighted by Crippen LogP contribution is 2.25. The van der Waals surface area contributed by atoms with E-state index in [-0.39, 0.29) is 34.8 Å². The number of thioether (sulfide) groups is 1. The Labute approximate surface area is 197 Å². The van der Waals surface area contributed by atoms with Crippen LogP contribution in [0.5, 0.6) is 0 Å². The quantitative estimate of drug-likeness (QED) is 0.355. The topological polar surface area (TPSA) is 86.9 Å². The van der Waals surface area contributed by atoms with E-state index in [9.17, 15) is 17.6 Å². The van der Waals surface area contributed by atoms with Gasteiger partial charge in [-0.3, -0.25) is 4.79 Å². The van der Waals surface area contributed by atoms with Crippen LogP contribution in [0.4, 0.5) is 4.39 Å². The van der Waals surface area contributed by atoms with E-state index >= 15 is 0 Å². The van der Waals surface area contributed by atoms with Crippen LogP contribution in [0.25, 0.3) is 0 Å². The number of carbonyl (C=O) groups excluding carboxylic acids is 1. The van der Waals surface area contributed by atoms with E-state index in [1.54, 1.807) is 12.1 Å². The van der Waals surface area contributed by atoms with Gasteiger partial charge in [0.15, 0.2) is 20.8 Å². The molecule has 2 aromatic heterocycles. The summed E-state index contributed by atoms with van der Waals surface area (Å²) in [4.78, 5) is 13.0. The molecule has 0 spiro atoms. The van der Waals surface area contributed by atoms with Gasteiger partial charge in [0, 0.05) is 37.0 Å². The third kappa shape index (κ3) is 5.38. The number of Topliss-reactive ketones (excluding diaryl/α,β-unsaturated/α-hetero) is 1. The van der Waals surface area contributed by atoms with Crippen molar-refractivity contribution in [2.45, 2.75) is 38.4 Å². The average molecular weight is 491 g/mol. The summed E-state index contributed by atoms with van der Waals surface area (Å²) in [5.41, 5.74) is 3.48. The van der Waals surface area contributed by atoms with Crippen molar-refractivity contribution in [1.29, 1.82) is 0 Å². The van der Waals surface area contributed by atoms with Gasteiger partial charge < -0.3 is 9.13 Å². The Kier molecular flexibility index (Phi) is 6.76. The monoisotopic (exact) mass is 490 g/mol. The Morgan fingerprint density at radius 3 is 2.61 bits per heavy atom. The fourth-order valence-electron chi connectivity index (χ4n) is 4.25. The molecule has 0 radical (unpaired) electrons. The molecule has 0 bridgehead atoms. The van der Waals surface area contributed by atoms with E-state index in [1.807, 2.05) is 31.5 Å². The molecule has 1 aromatic carbocycles. The summed E-state index contributed by atoms with van der Waals surface area (Å²) in [6, 6.07) is 8.26. The van der Waals surface area contributed by atoms with Crippen molar-refractivity contribution < 1.29 is 17.6 Å². The molecule has 176 valence electrons. The van der Waals surface area contributed by atoms with Crippen molar-refractivity contribution in [2.24, 2.45) is 13.0 Å². The van der Waals surface area contributed by atoms with Crippen molar-refractivity contribution >= 4 is 27.4 Å². The highest BCUT2D eigenvalue weighted by molar-refractivity contribution is 7.99. The van der Waals surface area contributed by atoms with Gasteiger partial charge in [0.05, 0.1) is 17.3 Å². The number of nitrogens with zero attached hydrogens (tertiary/aromatic N) is 4. The molecule has 4 rings (SSSR count). The molecular weight excluding hydrogens is 463 g/mol. The largest absolute Gasteiger partial charge is 0.344 e. The summed E-state index contributed by atoms with van der Waals surface area (Å²) >= 11 is 1.33. The number of benzene rings is 1. The highest BCUT2D eigenvalue weighted by Gasteiger charge is 2.29. The molecule has 0 N–H and O–H groups in total. The lowest BCUT2D eigenvalue weighted by Crippen LogP contribution is -2.11. The molecule has 1 aliphatic rings. The van der Waals surface area contributed by atoms with Crippen molar-refractivity contribution in [3.8, 4) is 0 Å². The Morgan fingerprint density at radius 1 is 1.21 bits per heavy atom. The summed E-state index contributed by atoms with van der Waals surface area (Å²) in [6.07, 6.45) is 1.23. The predicted molar refractivity (Wildman–Crippen MR) is 126 cm³/mol. The number of hydrogen-bond donors (Lipinski definition) is 0. The maximum absolute atomic E-state index is 13.2. The highest BCUT2D eigenvalue weighted by atomic mass is 32.2. The van der Waals surface area contributed by atoms with Gasteiger partial charge in [-0.15, -0.1) is 10.2 Å². The second-order valence-electron chi connectivity index (χ2n) is 8.64. The Morgan fingerprint density at radius 2 is 1.94 bits per heavy atom. The van der Waals surface area contributed by atoms with Gasteiger partial charge in [-0.1, -0.05) is 23.9 Å². The third-order valence-corrected chi connectivity index (χ3v) is 9.04. The van der Waals surface area contributed by atoms with Gasteiger partial charge in [0.25, 0.3) is 0 Å². The lowest BCUT2D eigenvalue weighted by atomic mass is 10.1. The second-order valence-corrected chi connectivity index (χ2v) is 11.8. The molecule has 1 fully saturated rings. The minimum absolute atomic E-state index is 0.00453. The van der Waals surface area contributed by atoms with Crippen molar-refractivity contribution in [3.63, 3.8) is 0 Å². The summed E-state index contributed by atoms with van der Waals surface area (Å²) in [7, 11) is -1.08. The summed E-state index contributed by atoms with van der Waals surface area (Å²) in [5.74, 6) is 1.22. The number of aromatic nitrogens is 4. The van der Waals surface area contributed by atoms with Crippen molar-refractivity contribution in [1.82, 2.24) is 19.3 Å². The van der Waals surface area contributed by atoms with E-state index in [4.69, 9.17) is 0 Å². The first-order valence-corrected chi connectivity index (χ1v) is 13.6. The molecule has 1 saturated heterocycles. The van der Waals surface area contributed by atoms with Gasteiger partial charge in [-0.25, -0.2) is 12.8 Å². The van der Waals surface area contributed by atoms with Crippen LogP contribution < -0.4 is 0 Å². The zero-order valence-corrected chi connectivity index (χ0v) is 20.5. The van der Waals surface area contributed by atoms with Crippen LogP contribution in [0.2, 0.25) is 0 Å². The van der Waals surface area contributed by atoms with E-state index < -0.39 is 9.84 Å². The van der Waals surface area contributed by atoms with Crippen molar-refractivity contribution in [2.75, 3.05) is 17.3 Å². The standard InChI is InChI=1S/C23H27FN4O3S2/c1-15-10-20(16(2)28(15)12-17-4-6-19(24)7-5-17)21(29)13-32-23-26-25-22(27(23)3)11-18-8-9-33(30,31)14-18/h4-7,10,18H,8-9,11-14H2,1-3H3. The molecule has 1 aliphatic heterocycles. The zero-order valence-electron chi connectivity index (χ0n) is 18.9. The summed E-state index contributed by atoms with van der Waals surface area (Å²) in [5, 5.41) is 9.07. The molecule has 3 aromatic rings. The molecule has 33 heavy (non-hydrogen) atoms. The lowest BCUT2D eigenvalue weighted by molar-refractivity contribution is 0.102. The molecule has 7 nitrogen and oxygen atoms in total. The van der Waals surface area contributed by atoms with Gasteiger partial charge >= 0.3 is 0 Å². The van der Waals surface area contributed by atoms with E-state index in [0.717, 1.165) is 22.8 Å². The van der Waals surface area contributed by atoms with Gasteiger partial charge in [0.2, 0.25) is 0 Å². The van der Waals surface area contributed by atoms with Crippen LogP contribution in [0.15, 0.2) is 35.5 Å². The van der Waals surface area contributed by atoms with Crippen LogP contribution >= 0.6 is 11.8 Å². The van der Waals surface area contributed by atoms with Gasteiger partial charge in [0.1, 0.15) is 11.6 Å². The molecular formula is C23H27FN4O3S2. The number of halogens is 1. The van der Waals surface area contributed by atoms with Crippen LogP contribution in [-0.4, -0.2) is 50.8 Å². The minimum atomic E-state index is -2.93. The Balaban J connectivity index is 1.40. The first kappa shape index (κ1) is 23.7. The molecule has 3 heterocycles. The normalized spacial score (nSPS) is 17.5. The third-order valence-electron chi connectivity index (χ3n) is 6.18. The fourth-order valence-corrected chi connectivity index (χ4v) is 6.92. The molecule has 1 atom stereocenters. The second kappa shape index (κ2) is 9.42. The molecule has 0 aliphatic carbocycles. The number of rotatable bonds is 8. The first-order valence-electron chi connectivity index (χ1n) is 10.8. The Hall–Kier alpha value is -2.46. The summed E-state index contributed by atoms with van der Waals surface area (Å²) in [6.45, 7) is 4.45. The number of sulfone groups is 1. The number of ketones is 1. The molecule has 0 amide bonds. The first-order chi connectivity index (χ1) is 15.6. The molecule has 10 heteroatoms. The minimum Gasteiger partial charge on any atom is -0.344 e. The fraction of sp³-hybridized carbons (Fsp3) is 0.435. The predicted octanol–water partition coefficient (Wildman–Crippen LogP) is 3.37. The number of aryl methyl sites for hydroxylation is 1. The molecule has 0 saturated carbocycles. The van der Waals surface area contributed by atoms with Crippen molar-refractivity contribution in [3.05, 3.63) is 64.5 Å². The van der Waals surface area contributed by atoms with Gasteiger partial charge in [-0.05, 0) is 49.9 Å². The zero-order chi connectivity index (χ0) is 23.8. The molecule has 1 unspecified atom stereocenters. The maximum Gasteiger partial charge on any atom is 0.191 e. The number of hydrogen-bond acceptors (Lipinski definition) is 6. The smallest absolute Gasteiger partial charge is 0.191 e. The maximum atomic E-state index is 13.2.